The maximum absolute atomic E-state index is 10.5. The highest BCUT2D eigenvalue weighted by Crippen LogP contribution is 2.36. The molecule has 2 nitrogen and oxygen atoms in total. The fourth-order valence-corrected chi connectivity index (χ4v) is 3.18. The number of hydrogen-bond acceptors (Lipinski definition) is 3. The largest absolute Gasteiger partial charge is 0.383 e. The summed E-state index contributed by atoms with van der Waals surface area (Å²) in [4.78, 5) is 1.04. The van der Waals surface area contributed by atoms with E-state index < -0.39 is 5.60 Å². The molecule has 1 heterocycles. The van der Waals surface area contributed by atoms with Crippen LogP contribution in [0.5, 0.6) is 0 Å². The van der Waals surface area contributed by atoms with Crippen LogP contribution in [0.3, 0.4) is 0 Å². The standard InChI is InChI=1S/C14H23NOS/c1-10(2)13(11-6-7-11)15-9-14(3,16)12-5-4-8-17-12/h4-5,8,10-11,13,15-16H,6-7,9H2,1-3H3. The van der Waals surface area contributed by atoms with Crippen LogP contribution in [0.1, 0.15) is 38.5 Å². The molecule has 0 radical (unpaired) electrons. The number of nitrogens with one attached hydrogen (secondary N) is 1. The van der Waals surface area contributed by atoms with Crippen LogP contribution in [-0.4, -0.2) is 17.7 Å². The molecule has 1 fully saturated rings. The van der Waals surface area contributed by atoms with Crippen LogP contribution in [0.4, 0.5) is 0 Å². The summed E-state index contributed by atoms with van der Waals surface area (Å²) in [5.41, 5.74) is -0.740. The first kappa shape index (κ1) is 13.1. The third-order valence-corrected chi connectivity index (χ3v) is 4.71. The van der Waals surface area contributed by atoms with E-state index in [0.717, 1.165) is 10.8 Å². The third kappa shape index (κ3) is 3.30. The highest BCUT2D eigenvalue weighted by molar-refractivity contribution is 7.10. The van der Waals surface area contributed by atoms with Gasteiger partial charge in [-0.15, -0.1) is 11.3 Å². The number of aliphatic hydroxyl groups is 1. The van der Waals surface area contributed by atoms with Crippen molar-refractivity contribution in [3.63, 3.8) is 0 Å². The minimum Gasteiger partial charge on any atom is -0.383 e. The Hall–Kier alpha value is -0.380. The maximum Gasteiger partial charge on any atom is 0.108 e. The third-order valence-electron chi connectivity index (χ3n) is 3.58. The summed E-state index contributed by atoms with van der Waals surface area (Å²) in [7, 11) is 0. The van der Waals surface area contributed by atoms with Gasteiger partial charge in [0.2, 0.25) is 0 Å². The Bertz CT molecular complexity index is 339. The SMILES string of the molecule is CC(C)C(NCC(C)(O)c1cccs1)C1CC1. The zero-order valence-electron chi connectivity index (χ0n) is 10.9. The predicted molar refractivity (Wildman–Crippen MR) is 73.2 cm³/mol. The summed E-state index contributed by atoms with van der Waals surface area (Å²) in [5.74, 6) is 1.47. The van der Waals surface area contributed by atoms with E-state index in [1.807, 2.05) is 24.4 Å². The van der Waals surface area contributed by atoms with Crippen LogP contribution in [0.2, 0.25) is 0 Å². The summed E-state index contributed by atoms with van der Waals surface area (Å²) >= 11 is 1.62. The second-order valence-electron chi connectivity index (χ2n) is 5.74. The average Bonchev–Trinajstić information content (AvgIpc) is 2.92. The molecule has 96 valence electrons. The Morgan fingerprint density at radius 2 is 2.24 bits per heavy atom. The maximum atomic E-state index is 10.5. The van der Waals surface area contributed by atoms with Crippen molar-refractivity contribution in [2.45, 2.75) is 45.3 Å². The summed E-state index contributed by atoms with van der Waals surface area (Å²) < 4.78 is 0. The van der Waals surface area contributed by atoms with E-state index in [-0.39, 0.29) is 0 Å². The normalized spacial score (nSPS) is 21.5. The highest BCUT2D eigenvalue weighted by atomic mass is 32.1. The van der Waals surface area contributed by atoms with Gasteiger partial charge in [-0.3, -0.25) is 0 Å². The van der Waals surface area contributed by atoms with E-state index >= 15 is 0 Å². The molecule has 1 aromatic heterocycles. The number of rotatable bonds is 6. The second-order valence-corrected chi connectivity index (χ2v) is 6.69. The van der Waals surface area contributed by atoms with Crippen molar-refractivity contribution in [1.82, 2.24) is 5.32 Å². The Morgan fingerprint density at radius 1 is 1.53 bits per heavy atom. The van der Waals surface area contributed by atoms with Gasteiger partial charge >= 0.3 is 0 Å². The summed E-state index contributed by atoms with van der Waals surface area (Å²) in [6.07, 6.45) is 2.69. The lowest BCUT2D eigenvalue weighted by Crippen LogP contribution is -2.43. The molecule has 1 saturated carbocycles. The Kier molecular flexibility index (Phi) is 3.91. The summed E-state index contributed by atoms with van der Waals surface area (Å²) in [5, 5.41) is 16.0. The predicted octanol–water partition coefficient (Wildman–Crippen LogP) is 2.98. The summed E-state index contributed by atoms with van der Waals surface area (Å²) in [6, 6.07) is 4.56. The molecule has 0 aliphatic heterocycles. The molecule has 2 rings (SSSR count). The molecule has 2 atom stereocenters. The lowest BCUT2D eigenvalue weighted by molar-refractivity contribution is 0.0544. The number of hydrogen-bond donors (Lipinski definition) is 2. The Morgan fingerprint density at radius 3 is 2.71 bits per heavy atom. The molecular weight excluding hydrogens is 230 g/mol. The lowest BCUT2D eigenvalue weighted by atomic mass is 9.97. The second kappa shape index (κ2) is 5.09. The first-order valence-electron chi connectivity index (χ1n) is 6.50. The van der Waals surface area contributed by atoms with Gasteiger partial charge in [-0.05, 0) is 43.0 Å². The van der Waals surface area contributed by atoms with E-state index in [9.17, 15) is 5.11 Å². The first-order valence-corrected chi connectivity index (χ1v) is 7.38. The van der Waals surface area contributed by atoms with Gasteiger partial charge in [0.15, 0.2) is 0 Å². The van der Waals surface area contributed by atoms with Gasteiger partial charge < -0.3 is 10.4 Å². The quantitative estimate of drug-likeness (QED) is 0.817. The molecule has 0 saturated heterocycles. The Labute approximate surface area is 108 Å². The van der Waals surface area contributed by atoms with E-state index in [1.165, 1.54) is 12.8 Å². The van der Waals surface area contributed by atoms with Gasteiger partial charge in [0, 0.05) is 17.5 Å². The van der Waals surface area contributed by atoms with Crippen molar-refractivity contribution in [3.8, 4) is 0 Å². The van der Waals surface area contributed by atoms with Crippen molar-refractivity contribution in [2.24, 2.45) is 11.8 Å². The molecule has 1 aliphatic carbocycles. The van der Waals surface area contributed by atoms with Gasteiger partial charge in [-0.25, -0.2) is 0 Å². The van der Waals surface area contributed by atoms with Crippen molar-refractivity contribution in [3.05, 3.63) is 22.4 Å². The summed E-state index contributed by atoms with van der Waals surface area (Å²) in [6.45, 7) is 7.06. The highest BCUT2D eigenvalue weighted by Gasteiger charge is 2.34. The van der Waals surface area contributed by atoms with Crippen LogP contribution in [-0.2, 0) is 5.60 Å². The molecule has 0 spiro atoms. The molecule has 2 N–H and O–H groups in total. The van der Waals surface area contributed by atoms with Crippen molar-refractivity contribution in [2.75, 3.05) is 6.54 Å². The van der Waals surface area contributed by atoms with Gasteiger partial charge in [0.25, 0.3) is 0 Å². The fraction of sp³-hybridized carbons (Fsp3) is 0.714. The van der Waals surface area contributed by atoms with Gasteiger partial charge in [0.1, 0.15) is 5.60 Å². The molecule has 1 aromatic rings. The van der Waals surface area contributed by atoms with Crippen LogP contribution in [0, 0.1) is 11.8 Å². The zero-order chi connectivity index (χ0) is 12.5. The molecule has 0 amide bonds. The van der Waals surface area contributed by atoms with Gasteiger partial charge in [-0.2, -0.15) is 0 Å². The first-order chi connectivity index (χ1) is 8.00. The lowest BCUT2D eigenvalue weighted by Gasteiger charge is -2.28. The van der Waals surface area contributed by atoms with Crippen molar-refractivity contribution < 1.29 is 5.11 Å². The smallest absolute Gasteiger partial charge is 0.108 e. The zero-order valence-corrected chi connectivity index (χ0v) is 11.8. The van der Waals surface area contributed by atoms with Crippen LogP contribution < -0.4 is 5.32 Å². The molecule has 0 bridgehead atoms. The number of thiophene rings is 1. The molecule has 3 heteroatoms. The van der Waals surface area contributed by atoms with Gasteiger partial charge in [-0.1, -0.05) is 19.9 Å². The molecule has 2 unspecified atom stereocenters. The van der Waals surface area contributed by atoms with E-state index in [2.05, 4.69) is 19.2 Å². The Balaban J connectivity index is 1.92. The molecule has 17 heavy (non-hydrogen) atoms. The monoisotopic (exact) mass is 253 g/mol. The van der Waals surface area contributed by atoms with Gasteiger partial charge in [0.05, 0.1) is 0 Å². The van der Waals surface area contributed by atoms with Crippen LogP contribution >= 0.6 is 11.3 Å². The molecule has 0 aromatic carbocycles. The van der Waals surface area contributed by atoms with Crippen molar-refractivity contribution >= 4 is 11.3 Å². The fourth-order valence-electron chi connectivity index (χ4n) is 2.39. The topological polar surface area (TPSA) is 32.3 Å². The van der Waals surface area contributed by atoms with Crippen LogP contribution in [0.15, 0.2) is 17.5 Å². The molecule has 1 aliphatic rings. The minimum atomic E-state index is -0.740. The van der Waals surface area contributed by atoms with E-state index in [1.54, 1.807) is 11.3 Å². The van der Waals surface area contributed by atoms with E-state index in [4.69, 9.17) is 0 Å². The van der Waals surface area contributed by atoms with Crippen molar-refractivity contribution in [1.29, 1.82) is 0 Å². The van der Waals surface area contributed by atoms with Crippen LogP contribution in [0.25, 0.3) is 0 Å². The molecular formula is C14H23NOS. The minimum absolute atomic E-state index is 0.557. The van der Waals surface area contributed by atoms with E-state index in [0.29, 0.717) is 18.5 Å². The average molecular weight is 253 g/mol.